The van der Waals surface area contributed by atoms with Gasteiger partial charge in [-0.25, -0.2) is 0 Å². The Morgan fingerprint density at radius 3 is 2.09 bits per heavy atom. The van der Waals surface area contributed by atoms with Crippen LogP contribution < -0.4 is 4.90 Å². The molecule has 0 aromatic heterocycles. The van der Waals surface area contributed by atoms with Crippen LogP contribution in [0.15, 0.2) is 164 Å². The summed E-state index contributed by atoms with van der Waals surface area (Å²) in [4.78, 5) is 2.42. The molecule has 0 saturated carbocycles. The van der Waals surface area contributed by atoms with Crippen LogP contribution >= 0.6 is 0 Å². The van der Waals surface area contributed by atoms with Gasteiger partial charge in [-0.15, -0.1) is 0 Å². The van der Waals surface area contributed by atoms with E-state index in [0.29, 0.717) is 0 Å². The fourth-order valence-electron chi connectivity index (χ4n) is 7.10. The van der Waals surface area contributed by atoms with Gasteiger partial charge in [0.25, 0.3) is 0 Å². The van der Waals surface area contributed by atoms with Gasteiger partial charge in [-0.2, -0.15) is 0 Å². The average molecular weight is 612 g/mol. The highest BCUT2D eigenvalue weighted by Crippen LogP contribution is 2.48. The lowest BCUT2D eigenvalue weighted by atomic mass is 9.80. The third-order valence-electron chi connectivity index (χ3n) is 9.67. The van der Waals surface area contributed by atoms with Gasteiger partial charge < -0.3 is 4.90 Å². The highest BCUT2D eigenvalue weighted by Gasteiger charge is 2.35. The summed E-state index contributed by atoms with van der Waals surface area (Å²) >= 11 is 0. The Morgan fingerprint density at radius 2 is 1.45 bits per heavy atom. The summed E-state index contributed by atoms with van der Waals surface area (Å²) in [5.41, 5.74) is 16.1. The van der Waals surface area contributed by atoms with Gasteiger partial charge in [-0.1, -0.05) is 136 Å². The van der Waals surface area contributed by atoms with Crippen molar-refractivity contribution in [3.05, 3.63) is 191 Å². The maximum Gasteiger partial charge on any atom is 0.0461 e. The van der Waals surface area contributed by atoms with Crippen LogP contribution in [0.25, 0.3) is 22.3 Å². The standard InChI is InChI=1S/C46H45N/c1-7-8-24-44-35(4)42-30-29-41(32-45(42)46(44,5)6)47(40-27-25-38(26-28-40)37-20-14-10-15-21-37)33(2)31-43(39-22-16-11-17-23-39)34(3)36-18-12-9-13-19-36/h7-9,11-14,16-32H,1,10,15H2,2-6H3/b24-8-,33-31+,43-34-. The molecule has 1 nitrogen and oxygen atoms in total. The van der Waals surface area contributed by atoms with E-state index in [-0.39, 0.29) is 5.41 Å². The van der Waals surface area contributed by atoms with Crippen LogP contribution in [0.1, 0.15) is 75.3 Å². The Bertz CT molecular complexity index is 1960. The number of hydrogen-bond acceptors (Lipinski definition) is 1. The highest BCUT2D eigenvalue weighted by atomic mass is 15.1. The zero-order valence-electron chi connectivity index (χ0n) is 28.4. The molecular weight excluding hydrogens is 567 g/mol. The number of rotatable bonds is 9. The minimum absolute atomic E-state index is 0.124. The molecule has 2 aliphatic rings. The van der Waals surface area contributed by atoms with E-state index in [9.17, 15) is 0 Å². The van der Waals surface area contributed by atoms with Gasteiger partial charge in [0.05, 0.1) is 0 Å². The van der Waals surface area contributed by atoms with E-state index in [2.05, 4.69) is 186 Å². The van der Waals surface area contributed by atoms with Crippen molar-refractivity contribution in [3.63, 3.8) is 0 Å². The lowest BCUT2D eigenvalue weighted by molar-refractivity contribution is 0.654. The van der Waals surface area contributed by atoms with Crippen molar-refractivity contribution in [2.45, 2.75) is 52.9 Å². The SMILES string of the molecule is C=C/C=C\C1=C(C)c2ccc(N(/C(C)=C/C(=C(\C)c3ccccc3)c3ccccc3)c3ccc(C4=CCCC=C4)cc3)cc2C1(C)C. The van der Waals surface area contributed by atoms with Gasteiger partial charge in [0.15, 0.2) is 0 Å². The van der Waals surface area contributed by atoms with Gasteiger partial charge in [0.2, 0.25) is 0 Å². The second kappa shape index (κ2) is 13.7. The molecule has 47 heavy (non-hydrogen) atoms. The second-order valence-corrected chi connectivity index (χ2v) is 13.1. The molecule has 4 aromatic carbocycles. The fourth-order valence-corrected chi connectivity index (χ4v) is 7.10. The third-order valence-corrected chi connectivity index (χ3v) is 9.67. The monoisotopic (exact) mass is 611 g/mol. The molecule has 2 aliphatic carbocycles. The fraction of sp³-hybridized carbons (Fsp3) is 0.174. The lowest BCUT2D eigenvalue weighted by Gasteiger charge is -2.29. The largest absolute Gasteiger partial charge is 0.314 e. The van der Waals surface area contributed by atoms with Gasteiger partial charge in [0, 0.05) is 22.5 Å². The maximum atomic E-state index is 3.91. The Balaban J connectivity index is 1.51. The molecule has 0 spiro atoms. The molecule has 0 N–H and O–H groups in total. The molecular formula is C46H45N. The van der Waals surface area contributed by atoms with Gasteiger partial charge in [-0.3, -0.25) is 0 Å². The minimum Gasteiger partial charge on any atom is -0.314 e. The molecule has 0 unspecified atom stereocenters. The summed E-state index contributed by atoms with van der Waals surface area (Å²) in [5.74, 6) is 0. The van der Waals surface area contributed by atoms with Gasteiger partial charge >= 0.3 is 0 Å². The zero-order chi connectivity index (χ0) is 33.0. The molecule has 0 radical (unpaired) electrons. The Labute approximate surface area is 282 Å². The molecule has 0 bridgehead atoms. The topological polar surface area (TPSA) is 3.24 Å². The number of anilines is 2. The smallest absolute Gasteiger partial charge is 0.0461 e. The first-order valence-corrected chi connectivity index (χ1v) is 16.7. The molecule has 234 valence electrons. The van der Waals surface area contributed by atoms with Crippen LogP contribution in [-0.2, 0) is 5.41 Å². The second-order valence-electron chi connectivity index (χ2n) is 13.1. The molecule has 4 aromatic rings. The van der Waals surface area contributed by atoms with Crippen LogP contribution in [0, 0.1) is 0 Å². The number of allylic oxidation sites excluding steroid dienone is 13. The van der Waals surface area contributed by atoms with Crippen molar-refractivity contribution in [1.82, 2.24) is 0 Å². The third kappa shape index (κ3) is 6.44. The Morgan fingerprint density at radius 1 is 0.787 bits per heavy atom. The first kappa shape index (κ1) is 31.8. The van der Waals surface area contributed by atoms with E-state index in [1.165, 1.54) is 55.7 Å². The zero-order valence-corrected chi connectivity index (χ0v) is 28.4. The first-order chi connectivity index (χ1) is 22.8. The van der Waals surface area contributed by atoms with Gasteiger partial charge in [0.1, 0.15) is 0 Å². The molecule has 1 heteroatoms. The number of nitrogens with zero attached hydrogens (tertiary/aromatic N) is 1. The number of fused-ring (bicyclic) bond motifs is 1. The maximum absolute atomic E-state index is 3.91. The van der Waals surface area contributed by atoms with Gasteiger partial charge in [-0.05, 0) is 120 Å². The molecule has 0 amide bonds. The lowest BCUT2D eigenvalue weighted by Crippen LogP contribution is -2.19. The predicted molar refractivity (Wildman–Crippen MR) is 205 cm³/mol. The first-order valence-electron chi connectivity index (χ1n) is 16.7. The quantitative estimate of drug-likeness (QED) is 0.134. The van der Waals surface area contributed by atoms with E-state index in [1.807, 2.05) is 6.08 Å². The van der Waals surface area contributed by atoms with Crippen molar-refractivity contribution in [3.8, 4) is 0 Å². The predicted octanol–water partition coefficient (Wildman–Crippen LogP) is 12.9. The summed E-state index contributed by atoms with van der Waals surface area (Å²) in [6.07, 6.45) is 17.6. The van der Waals surface area contributed by atoms with E-state index < -0.39 is 0 Å². The molecule has 0 heterocycles. The summed E-state index contributed by atoms with van der Waals surface area (Å²) in [6, 6.07) is 37.5. The van der Waals surface area contributed by atoms with Crippen LogP contribution in [-0.4, -0.2) is 0 Å². The highest BCUT2D eigenvalue weighted by molar-refractivity contribution is 5.96. The summed E-state index contributed by atoms with van der Waals surface area (Å²) in [5, 5.41) is 0. The van der Waals surface area contributed by atoms with Crippen molar-refractivity contribution in [1.29, 1.82) is 0 Å². The van der Waals surface area contributed by atoms with E-state index in [1.54, 1.807) is 0 Å². The Hall–Kier alpha value is -5.14. The normalized spacial score (nSPS) is 16.2. The van der Waals surface area contributed by atoms with E-state index in [0.717, 1.165) is 29.9 Å². The summed E-state index contributed by atoms with van der Waals surface area (Å²) < 4.78 is 0. The van der Waals surface area contributed by atoms with E-state index in [4.69, 9.17) is 0 Å². The molecule has 0 fully saturated rings. The molecule has 0 aliphatic heterocycles. The summed E-state index contributed by atoms with van der Waals surface area (Å²) in [6.45, 7) is 15.3. The van der Waals surface area contributed by atoms with Crippen molar-refractivity contribution in [2.24, 2.45) is 0 Å². The number of benzene rings is 4. The molecule has 0 saturated heterocycles. The van der Waals surface area contributed by atoms with Crippen LogP contribution in [0.5, 0.6) is 0 Å². The van der Waals surface area contributed by atoms with Crippen molar-refractivity contribution in [2.75, 3.05) is 4.90 Å². The van der Waals surface area contributed by atoms with Crippen LogP contribution in [0.2, 0.25) is 0 Å². The van der Waals surface area contributed by atoms with Crippen LogP contribution in [0.4, 0.5) is 11.4 Å². The number of hydrogen-bond donors (Lipinski definition) is 0. The average Bonchev–Trinajstić information content (AvgIpc) is 3.30. The minimum atomic E-state index is -0.124. The van der Waals surface area contributed by atoms with E-state index >= 15 is 0 Å². The van der Waals surface area contributed by atoms with Crippen molar-refractivity contribution >= 4 is 33.7 Å². The van der Waals surface area contributed by atoms with Crippen molar-refractivity contribution < 1.29 is 0 Å². The Kier molecular flexibility index (Phi) is 9.27. The summed E-state index contributed by atoms with van der Waals surface area (Å²) in [7, 11) is 0. The molecule has 6 rings (SSSR count). The molecule has 0 atom stereocenters. The van der Waals surface area contributed by atoms with Crippen LogP contribution in [0.3, 0.4) is 0 Å².